The first-order valence-electron chi connectivity index (χ1n) is 9.45. The molecule has 0 radical (unpaired) electrons. The number of aromatic nitrogens is 1. The number of halogens is 3. The van der Waals surface area contributed by atoms with Gasteiger partial charge in [-0.1, -0.05) is 0 Å². The summed E-state index contributed by atoms with van der Waals surface area (Å²) in [5.74, 6) is 0.600. The van der Waals surface area contributed by atoms with Crippen LogP contribution >= 0.6 is 11.8 Å². The van der Waals surface area contributed by atoms with Gasteiger partial charge in [0.1, 0.15) is 5.82 Å². The van der Waals surface area contributed by atoms with E-state index in [0.29, 0.717) is 55.4 Å². The SMILES string of the molecule is O=C1CSc2ccc(C(=O)N3CCCN(c4ccc(C(F)(F)F)cn4)CC3)cc2N1. The fraction of sp³-hybridized carbons (Fsp3) is 0.350. The number of fused-ring (bicyclic) bond motifs is 1. The molecule has 2 aromatic rings. The summed E-state index contributed by atoms with van der Waals surface area (Å²) in [4.78, 5) is 33.1. The van der Waals surface area contributed by atoms with Crippen molar-refractivity contribution < 1.29 is 22.8 Å². The minimum atomic E-state index is -4.42. The van der Waals surface area contributed by atoms with E-state index >= 15 is 0 Å². The third-order valence-corrected chi connectivity index (χ3v) is 6.12. The summed E-state index contributed by atoms with van der Waals surface area (Å²) < 4.78 is 38.2. The standard InChI is InChI=1S/C20H19F3N4O2S/c21-20(22,23)14-3-5-17(24-11-14)26-6-1-7-27(9-8-26)19(29)13-2-4-16-15(10-13)25-18(28)12-30-16/h2-5,10-11H,1,6-9,12H2,(H,25,28). The van der Waals surface area contributed by atoms with E-state index in [1.165, 1.54) is 17.8 Å². The summed E-state index contributed by atoms with van der Waals surface area (Å²) in [6.45, 7) is 2.04. The fourth-order valence-corrected chi connectivity index (χ4v) is 4.28. The molecule has 30 heavy (non-hydrogen) atoms. The first-order valence-corrected chi connectivity index (χ1v) is 10.4. The van der Waals surface area contributed by atoms with Gasteiger partial charge in [0, 0.05) is 42.8 Å². The maximum Gasteiger partial charge on any atom is 0.417 e. The lowest BCUT2D eigenvalue weighted by atomic mass is 10.1. The summed E-state index contributed by atoms with van der Waals surface area (Å²) in [6.07, 6.45) is -2.91. The Morgan fingerprint density at radius 3 is 2.67 bits per heavy atom. The van der Waals surface area contributed by atoms with E-state index in [-0.39, 0.29) is 11.8 Å². The lowest BCUT2D eigenvalue weighted by Crippen LogP contribution is -2.35. The van der Waals surface area contributed by atoms with Crippen LogP contribution < -0.4 is 10.2 Å². The van der Waals surface area contributed by atoms with Gasteiger partial charge < -0.3 is 15.1 Å². The van der Waals surface area contributed by atoms with Crippen LogP contribution in [-0.4, -0.2) is 53.6 Å². The zero-order valence-corrected chi connectivity index (χ0v) is 16.7. The number of alkyl halides is 3. The Hall–Kier alpha value is -2.75. The minimum absolute atomic E-state index is 0.0912. The highest BCUT2D eigenvalue weighted by molar-refractivity contribution is 8.00. The summed E-state index contributed by atoms with van der Waals surface area (Å²) in [5, 5.41) is 2.79. The molecule has 0 spiro atoms. The summed E-state index contributed by atoms with van der Waals surface area (Å²) >= 11 is 1.44. The molecule has 4 rings (SSSR count). The van der Waals surface area contributed by atoms with Crippen molar-refractivity contribution in [3.8, 4) is 0 Å². The van der Waals surface area contributed by atoms with Crippen molar-refractivity contribution in [2.45, 2.75) is 17.5 Å². The van der Waals surface area contributed by atoms with Crippen LogP contribution in [0.3, 0.4) is 0 Å². The summed E-state index contributed by atoms with van der Waals surface area (Å²) in [7, 11) is 0. The minimum Gasteiger partial charge on any atom is -0.355 e. The normalized spacial score (nSPS) is 17.2. The number of nitrogens with one attached hydrogen (secondary N) is 1. The van der Waals surface area contributed by atoms with Gasteiger partial charge in [-0.05, 0) is 36.8 Å². The number of thioether (sulfide) groups is 1. The van der Waals surface area contributed by atoms with Crippen molar-refractivity contribution in [2.24, 2.45) is 0 Å². The van der Waals surface area contributed by atoms with Crippen LogP contribution in [0.1, 0.15) is 22.3 Å². The number of hydrogen-bond acceptors (Lipinski definition) is 5. The predicted molar refractivity (Wildman–Crippen MR) is 108 cm³/mol. The lowest BCUT2D eigenvalue weighted by molar-refractivity contribution is -0.137. The van der Waals surface area contributed by atoms with Gasteiger partial charge in [-0.2, -0.15) is 13.2 Å². The molecule has 1 aromatic heterocycles. The van der Waals surface area contributed by atoms with E-state index in [0.717, 1.165) is 17.2 Å². The molecule has 10 heteroatoms. The molecular weight excluding hydrogens is 417 g/mol. The second-order valence-corrected chi connectivity index (χ2v) is 8.10. The number of rotatable bonds is 2. The molecule has 2 amide bonds. The molecule has 2 aliphatic heterocycles. The lowest BCUT2D eigenvalue weighted by Gasteiger charge is -2.24. The van der Waals surface area contributed by atoms with E-state index in [4.69, 9.17) is 0 Å². The van der Waals surface area contributed by atoms with E-state index < -0.39 is 11.7 Å². The third-order valence-electron chi connectivity index (χ3n) is 5.04. The number of hydrogen-bond donors (Lipinski definition) is 1. The third kappa shape index (κ3) is 4.38. The largest absolute Gasteiger partial charge is 0.417 e. The van der Waals surface area contributed by atoms with Crippen molar-refractivity contribution in [2.75, 3.05) is 42.1 Å². The van der Waals surface area contributed by atoms with Crippen LogP contribution in [0.2, 0.25) is 0 Å². The van der Waals surface area contributed by atoms with Gasteiger partial charge in [0.05, 0.1) is 17.0 Å². The first kappa shape index (κ1) is 20.5. The van der Waals surface area contributed by atoms with Crippen LogP contribution in [0.4, 0.5) is 24.7 Å². The van der Waals surface area contributed by atoms with Crippen LogP contribution in [0.5, 0.6) is 0 Å². The van der Waals surface area contributed by atoms with Crippen LogP contribution in [0.25, 0.3) is 0 Å². The molecule has 0 saturated carbocycles. The highest BCUT2D eigenvalue weighted by Gasteiger charge is 2.31. The van der Waals surface area contributed by atoms with Crippen LogP contribution in [0.15, 0.2) is 41.4 Å². The van der Waals surface area contributed by atoms with Gasteiger partial charge >= 0.3 is 6.18 Å². The molecule has 2 aliphatic rings. The number of benzene rings is 1. The average Bonchev–Trinajstić information content (AvgIpc) is 2.98. The van der Waals surface area contributed by atoms with Gasteiger partial charge in [0.15, 0.2) is 0 Å². The van der Waals surface area contributed by atoms with E-state index in [1.807, 2.05) is 11.0 Å². The van der Waals surface area contributed by atoms with Crippen molar-refractivity contribution in [1.82, 2.24) is 9.88 Å². The number of pyridine rings is 1. The van der Waals surface area contributed by atoms with Gasteiger partial charge in [0.2, 0.25) is 5.91 Å². The van der Waals surface area contributed by atoms with E-state index in [2.05, 4.69) is 10.3 Å². The molecular formula is C20H19F3N4O2S. The molecule has 6 nitrogen and oxygen atoms in total. The molecule has 3 heterocycles. The molecule has 0 unspecified atom stereocenters. The summed E-state index contributed by atoms with van der Waals surface area (Å²) in [6, 6.07) is 7.68. The fourth-order valence-electron chi connectivity index (χ4n) is 3.49. The van der Waals surface area contributed by atoms with Crippen LogP contribution in [0, 0.1) is 0 Å². The Labute approximate surface area is 175 Å². The number of nitrogens with zero attached hydrogens (tertiary/aromatic N) is 3. The molecule has 1 fully saturated rings. The topological polar surface area (TPSA) is 65.5 Å². The molecule has 0 atom stereocenters. The van der Waals surface area contributed by atoms with Crippen molar-refractivity contribution in [3.05, 3.63) is 47.7 Å². The predicted octanol–water partition coefficient (Wildman–Crippen LogP) is 3.50. The maximum absolute atomic E-state index is 13.0. The Bertz CT molecular complexity index is 966. The van der Waals surface area contributed by atoms with Gasteiger partial charge in [-0.3, -0.25) is 9.59 Å². The number of amides is 2. The Kier molecular flexibility index (Phi) is 5.59. The second kappa shape index (κ2) is 8.17. The number of carbonyl (C=O) groups excluding carboxylic acids is 2. The van der Waals surface area contributed by atoms with Crippen molar-refractivity contribution >= 4 is 35.1 Å². The monoisotopic (exact) mass is 436 g/mol. The maximum atomic E-state index is 13.0. The molecule has 0 aliphatic carbocycles. The van der Waals surface area contributed by atoms with Gasteiger partial charge in [0.25, 0.3) is 5.91 Å². The molecule has 1 aromatic carbocycles. The Morgan fingerprint density at radius 1 is 1.10 bits per heavy atom. The quantitative estimate of drug-likeness (QED) is 0.781. The highest BCUT2D eigenvalue weighted by Crippen LogP contribution is 2.32. The zero-order valence-electron chi connectivity index (χ0n) is 15.9. The number of anilines is 2. The Balaban J connectivity index is 1.43. The molecule has 1 saturated heterocycles. The first-order chi connectivity index (χ1) is 14.3. The average molecular weight is 436 g/mol. The smallest absolute Gasteiger partial charge is 0.355 e. The Morgan fingerprint density at radius 2 is 1.93 bits per heavy atom. The summed E-state index contributed by atoms with van der Waals surface area (Å²) in [5.41, 5.74) is 0.362. The zero-order chi connectivity index (χ0) is 21.3. The van der Waals surface area contributed by atoms with Crippen molar-refractivity contribution in [3.63, 3.8) is 0 Å². The van der Waals surface area contributed by atoms with E-state index in [9.17, 15) is 22.8 Å². The van der Waals surface area contributed by atoms with Crippen molar-refractivity contribution in [1.29, 1.82) is 0 Å². The highest BCUT2D eigenvalue weighted by atomic mass is 32.2. The molecule has 0 bridgehead atoms. The van der Waals surface area contributed by atoms with Gasteiger partial charge in [-0.15, -0.1) is 11.8 Å². The van der Waals surface area contributed by atoms with Crippen LogP contribution in [-0.2, 0) is 11.0 Å². The van der Waals surface area contributed by atoms with E-state index in [1.54, 1.807) is 17.0 Å². The second-order valence-electron chi connectivity index (χ2n) is 7.08. The number of carbonyl (C=O) groups is 2. The molecule has 1 N–H and O–H groups in total. The molecule has 158 valence electrons. The van der Waals surface area contributed by atoms with Gasteiger partial charge in [-0.25, -0.2) is 4.98 Å².